The monoisotopic (exact) mass is 373 g/mol. The highest BCUT2D eigenvalue weighted by Crippen LogP contribution is 2.32. The molecule has 1 rings (SSSR count). The summed E-state index contributed by atoms with van der Waals surface area (Å²) in [5.41, 5.74) is 0.0697. The number of hydrogen-bond acceptors (Lipinski definition) is 6. The quantitative estimate of drug-likeness (QED) is 0.355. The van der Waals surface area contributed by atoms with Crippen molar-refractivity contribution >= 4 is 46.6 Å². The highest BCUT2D eigenvalue weighted by atomic mass is 35.5. The lowest BCUT2D eigenvalue weighted by atomic mass is 10.1. The molecule has 0 aliphatic rings. The van der Waals surface area contributed by atoms with Gasteiger partial charge >= 0.3 is 11.9 Å². The molecule has 0 saturated carbocycles. The van der Waals surface area contributed by atoms with E-state index in [1.54, 1.807) is 13.8 Å². The third-order valence-corrected chi connectivity index (χ3v) is 3.50. The normalized spacial score (nSPS) is 11.2. The van der Waals surface area contributed by atoms with Crippen molar-refractivity contribution in [1.82, 2.24) is 0 Å². The van der Waals surface area contributed by atoms with Gasteiger partial charge in [-0.3, -0.25) is 4.79 Å². The lowest BCUT2D eigenvalue weighted by Crippen LogP contribution is -2.18. The van der Waals surface area contributed by atoms with E-state index in [-0.39, 0.29) is 33.0 Å². The van der Waals surface area contributed by atoms with Crippen LogP contribution in [0.1, 0.15) is 31.1 Å². The zero-order chi connectivity index (χ0) is 18.4. The molecular formula is C16H17Cl2NO5. The maximum atomic E-state index is 11.9. The Morgan fingerprint density at radius 2 is 1.83 bits per heavy atom. The Kier molecular flexibility index (Phi) is 7.25. The second-order valence-electron chi connectivity index (χ2n) is 4.99. The summed E-state index contributed by atoms with van der Waals surface area (Å²) >= 11 is 12.1. The van der Waals surface area contributed by atoms with E-state index < -0.39 is 17.7 Å². The molecule has 1 aromatic rings. The van der Waals surface area contributed by atoms with E-state index in [0.29, 0.717) is 0 Å². The summed E-state index contributed by atoms with van der Waals surface area (Å²) in [5.74, 6) is -1.95. The first-order valence-corrected chi connectivity index (χ1v) is 7.69. The summed E-state index contributed by atoms with van der Waals surface area (Å²) in [6.07, 6.45) is 0.800. The highest BCUT2D eigenvalue weighted by molar-refractivity contribution is 6.41. The molecule has 0 bridgehead atoms. The van der Waals surface area contributed by atoms with E-state index in [4.69, 9.17) is 27.9 Å². The second kappa shape index (κ2) is 8.70. The molecule has 24 heavy (non-hydrogen) atoms. The minimum Gasteiger partial charge on any atom is -0.465 e. The molecule has 0 aliphatic heterocycles. The first-order valence-electron chi connectivity index (χ1n) is 6.94. The number of Topliss-reactive ketones (excluding diaryl/α,β-unsaturated/α-hetero) is 1. The van der Waals surface area contributed by atoms with Gasteiger partial charge in [-0.05, 0) is 32.9 Å². The topological polar surface area (TPSA) is 81.7 Å². The summed E-state index contributed by atoms with van der Waals surface area (Å²) in [5, 5.41) is 2.84. The van der Waals surface area contributed by atoms with Gasteiger partial charge in [-0.1, -0.05) is 23.2 Å². The minimum absolute atomic E-state index is 0.00530. The Bertz CT molecular complexity index is 698. The second-order valence-corrected chi connectivity index (χ2v) is 5.77. The standard InChI is InChI=1S/C16H17Cl2NO5/c1-8(2)24-15(21)10(9(3)20)7-19-12-6-5-11(17)13(14(12)18)16(22)23-4/h5-8,19H,1-4H3. The van der Waals surface area contributed by atoms with Gasteiger partial charge in [0.05, 0.1) is 34.5 Å². The van der Waals surface area contributed by atoms with Gasteiger partial charge in [-0.25, -0.2) is 9.59 Å². The molecule has 0 aromatic heterocycles. The van der Waals surface area contributed by atoms with E-state index in [1.165, 1.54) is 32.4 Å². The van der Waals surface area contributed by atoms with Crippen molar-refractivity contribution in [2.45, 2.75) is 26.9 Å². The molecule has 130 valence electrons. The molecule has 0 spiro atoms. The maximum absolute atomic E-state index is 11.9. The van der Waals surface area contributed by atoms with Gasteiger partial charge in [0.15, 0.2) is 5.78 Å². The lowest BCUT2D eigenvalue weighted by molar-refractivity contribution is -0.143. The summed E-state index contributed by atoms with van der Waals surface area (Å²) in [7, 11) is 1.20. The molecular weight excluding hydrogens is 357 g/mol. The number of benzene rings is 1. The van der Waals surface area contributed by atoms with Crippen LogP contribution in [0.2, 0.25) is 10.0 Å². The van der Waals surface area contributed by atoms with Gasteiger partial charge in [0.2, 0.25) is 0 Å². The molecule has 0 radical (unpaired) electrons. The lowest BCUT2D eigenvalue weighted by Gasteiger charge is -2.12. The Morgan fingerprint density at radius 3 is 2.33 bits per heavy atom. The van der Waals surface area contributed by atoms with Gasteiger partial charge in [0.1, 0.15) is 5.57 Å². The number of carbonyl (C=O) groups is 3. The van der Waals surface area contributed by atoms with Gasteiger partial charge in [0.25, 0.3) is 0 Å². The van der Waals surface area contributed by atoms with E-state index in [9.17, 15) is 14.4 Å². The molecule has 0 saturated heterocycles. The van der Waals surface area contributed by atoms with Crippen LogP contribution in [0.25, 0.3) is 0 Å². The van der Waals surface area contributed by atoms with Crippen molar-refractivity contribution in [2.24, 2.45) is 0 Å². The summed E-state index contributed by atoms with van der Waals surface area (Å²) < 4.78 is 9.61. The Morgan fingerprint density at radius 1 is 1.21 bits per heavy atom. The van der Waals surface area contributed by atoms with Gasteiger partial charge in [0, 0.05) is 6.20 Å². The fourth-order valence-corrected chi connectivity index (χ4v) is 2.26. The van der Waals surface area contributed by atoms with Crippen molar-refractivity contribution in [2.75, 3.05) is 12.4 Å². The molecule has 0 heterocycles. The number of nitrogens with one attached hydrogen (secondary N) is 1. The fraction of sp³-hybridized carbons (Fsp3) is 0.312. The SMILES string of the molecule is COC(=O)c1c(Cl)ccc(NC=C(C(C)=O)C(=O)OC(C)C)c1Cl. The molecule has 0 unspecified atom stereocenters. The fourth-order valence-electron chi connectivity index (χ4n) is 1.68. The zero-order valence-corrected chi connectivity index (χ0v) is 15.1. The van der Waals surface area contributed by atoms with Crippen LogP contribution in [-0.4, -0.2) is 30.9 Å². The van der Waals surface area contributed by atoms with Crippen LogP contribution in [0, 0.1) is 0 Å². The van der Waals surface area contributed by atoms with Gasteiger partial charge in [-0.15, -0.1) is 0 Å². The van der Waals surface area contributed by atoms with Crippen molar-refractivity contribution in [3.63, 3.8) is 0 Å². The molecule has 8 heteroatoms. The Labute approximate surface area is 149 Å². The summed E-state index contributed by atoms with van der Waals surface area (Å²) in [6, 6.07) is 2.94. The summed E-state index contributed by atoms with van der Waals surface area (Å²) in [4.78, 5) is 35.2. The van der Waals surface area contributed by atoms with Crippen LogP contribution in [0.3, 0.4) is 0 Å². The Balaban J connectivity index is 3.17. The molecule has 0 amide bonds. The number of anilines is 1. The smallest absolute Gasteiger partial charge is 0.343 e. The number of halogens is 2. The third-order valence-electron chi connectivity index (χ3n) is 2.79. The van der Waals surface area contributed by atoms with E-state index in [2.05, 4.69) is 10.1 Å². The average Bonchev–Trinajstić information content (AvgIpc) is 2.48. The van der Waals surface area contributed by atoms with Crippen LogP contribution in [0.15, 0.2) is 23.9 Å². The maximum Gasteiger partial charge on any atom is 0.343 e. The number of hydrogen-bond donors (Lipinski definition) is 1. The van der Waals surface area contributed by atoms with Gasteiger partial charge in [-0.2, -0.15) is 0 Å². The minimum atomic E-state index is -0.761. The molecule has 0 fully saturated rings. The van der Waals surface area contributed by atoms with E-state index >= 15 is 0 Å². The molecule has 1 aromatic carbocycles. The number of esters is 2. The van der Waals surface area contributed by atoms with Crippen LogP contribution in [-0.2, 0) is 19.1 Å². The van der Waals surface area contributed by atoms with E-state index in [0.717, 1.165) is 0 Å². The third kappa shape index (κ3) is 4.97. The Hall–Kier alpha value is -2.05. The number of ketones is 1. The molecule has 0 aliphatic carbocycles. The van der Waals surface area contributed by atoms with Crippen molar-refractivity contribution in [1.29, 1.82) is 0 Å². The highest BCUT2D eigenvalue weighted by Gasteiger charge is 2.20. The average molecular weight is 374 g/mol. The van der Waals surface area contributed by atoms with Crippen molar-refractivity contribution < 1.29 is 23.9 Å². The van der Waals surface area contributed by atoms with Crippen LogP contribution in [0.4, 0.5) is 5.69 Å². The van der Waals surface area contributed by atoms with Crippen molar-refractivity contribution in [3.8, 4) is 0 Å². The van der Waals surface area contributed by atoms with Crippen LogP contribution >= 0.6 is 23.2 Å². The van der Waals surface area contributed by atoms with Crippen molar-refractivity contribution in [3.05, 3.63) is 39.5 Å². The first kappa shape index (κ1) is 20.0. The largest absolute Gasteiger partial charge is 0.465 e. The number of rotatable bonds is 6. The molecule has 1 N–H and O–H groups in total. The molecule has 6 nitrogen and oxygen atoms in total. The summed E-state index contributed by atoms with van der Waals surface area (Å²) in [6.45, 7) is 4.57. The van der Waals surface area contributed by atoms with E-state index in [1.807, 2.05) is 0 Å². The van der Waals surface area contributed by atoms with Crippen LogP contribution in [0.5, 0.6) is 0 Å². The van der Waals surface area contributed by atoms with Crippen LogP contribution < -0.4 is 5.32 Å². The number of ether oxygens (including phenoxy) is 2. The predicted octanol–water partition coefficient (Wildman–Crippen LogP) is 3.62. The first-order chi connectivity index (χ1) is 11.2. The number of carbonyl (C=O) groups excluding carboxylic acids is 3. The number of methoxy groups -OCH3 is 1. The van der Waals surface area contributed by atoms with Gasteiger partial charge < -0.3 is 14.8 Å². The zero-order valence-electron chi connectivity index (χ0n) is 13.6. The molecule has 0 atom stereocenters. The predicted molar refractivity (Wildman–Crippen MR) is 91.4 cm³/mol.